The van der Waals surface area contributed by atoms with Crippen LogP contribution in [-0.2, 0) is 22.4 Å². The van der Waals surface area contributed by atoms with Gasteiger partial charge in [0.2, 0.25) is 23.0 Å². The van der Waals surface area contributed by atoms with Gasteiger partial charge in [0.25, 0.3) is 0 Å². The van der Waals surface area contributed by atoms with Gasteiger partial charge in [-0.15, -0.1) is 0 Å². The molecule has 0 saturated heterocycles. The van der Waals surface area contributed by atoms with Crippen LogP contribution in [-0.4, -0.2) is 51.3 Å². The smallest absolute Gasteiger partial charge is 0.243 e. The minimum Gasteiger partial charge on any atom is -0.497 e. The monoisotopic (exact) mass is 682 g/mol. The number of aromatic nitrogens is 1. The zero-order valence-electron chi connectivity index (χ0n) is 29.7. The van der Waals surface area contributed by atoms with Crippen LogP contribution in [0.25, 0.3) is 22.0 Å². The summed E-state index contributed by atoms with van der Waals surface area (Å²) in [6.07, 6.45) is 3.79. The van der Waals surface area contributed by atoms with Gasteiger partial charge in [0.1, 0.15) is 11.8 Å². The molecule has 6 rings (SSSR count). The van der Waals surface area contributed by atoms with Crippen molar-refractivity contribution in [3.8, 4) is 34.1 Å². The molecule has 2 aliphatic carbocycles. The lowest BCUT2D eigenvalue weighted by Gasteiger charge is -2.28. The zero-order chi connectivity index (χ0) is 35.7. The number of amides is 2. The third-order valence-electron chi connectivity index (χ3n) is 9.91. The SMILES string of the molecule is COc1ccc2[nH]c3c(c2c1)CCCC3NC(=O)C(Nc1ccc2c(cc1=O)C(NC(C)=O)CCc1cc(OC)c(OC)c(OC)c1-2)C(C)C. The summed E-state index contributed by atoms with van der Waals surface area (Å²) in [5.41, 5.74) is 6.26. The quantitative estimate of drug-likeness (QED) is 0.160. The highest BCUT2D eigenvalue weighted by molar-refractivity contribution is 5.89. The number of aromatic amines is 1. The molecule has 0 aliphatic heterocycles. The number of ether oxygens (including phenoxy) is 4. The highest BCUT2D eigenvalue weighted by atomic mass is 16.5. The molecule has 11 nitrogen and oxygen atoms in total. The van der Waals surface area contributed by atoms with E-state index in [4.69, 9.17) is 18.9 Å². The molecular formula is C39H46N4O7. The van der Waals surface area contributed by atoms with E-state index < -0.39 is 12.1 Å². The number of anilines is 1. The molecule has 2 amide bonds. The van der Waals surface area contributed by atoms with Gasteiger partial charge in [0.05, 0.1) is 46.2 Å². The third kappa shape index (κ3) is 6.44. The van der Waals surface area contributed by atoms with Crippen LogP contribution in [0.15, 0.2) is 47.3 Å². The van der Waals surface area contributed by atoms with Gasteiger partial charge in [-0.25, -0.2) is 0 Å². The number of hydrogen-bond donors (Lipinski definition) is 4. The molecule has 1 aromatic heterocycles. The molecule has 4 N–H and O–H groups in total. The zero-order valence-corrected chi connectivity index (χ0v) is 29.7. The number of nitrogens with one attached hydrogen (secondary N) is 4. The Morgan fingerprint density at radius 3 is 2.32 bits per heavy atom. The van der Waals surface area contributed by atoms with Crippen LogP contribution in [0.5, 0.6) is 23.0 Å². The molecule has 0 spiro atoms. The molecule has 0 fully saturated rings. The van der Waals surface area contributed by atoms with Crippen molar-refractivity contribution >= 4 is 28.4 Å². The van der Waals surface area contributed by atoms with Crippen LogP contribution >= 0.6 is 0 Å². The molecule has 0 saturated carbocycles. The maximum Gasteiger partial charge on any atom is 0.243 e. The van der Waals surface area contributed by atoms with Crippen molar-refractivity contribution in [3.63, 3.8) is 0 Å². The number of rotatable bonds is 10. The van der Waals surface area contributed by atoms with Gasteiger partial charge in [-0.3, -0.25) is 14.4 Å². The highest BCUT2D eigenvalue weighted by Gasteiger charge is 2.32. The number of aryl methyl sites for hydroxylation is 2. The average Bonchev–Trinajstić information content (AvgIpc) is 3.32. The molecule has 4 aromatic rings. The van der Waals surface area contributed by atoms with Crippen molar-refractivity contribution < 1.29 is 28.5 Å². The lowest BCUT2D eigenvalue weighted by atomic mass is 9.91. The molecule has 3 atom stereocenters. The van der Waals surface area contributed by atoms with Crippen molar-refractivity contribution in [2.45, 2.75) is 71.0 Å². The number of methoxy groups -OCH3 is 4. The Kier molecular flexibility index (Phi) is 9.95. The van der Waals surface area contributed by atoms with Crippen molar-refractivity contribution in [2.24, 2.45) is 5.92 Å². The minimum atomic E-state index is -0.697. The first-order chi connectivity index (χ1) is 24.1. The maximum atomic E-state index is 14.0. The Balaban J connectivity index is 1.37. The molecule has 264 valence electrons. The first kappa shape index (κ1) is 34.7. The molecule has 1 heterocycles. The summed E-state index contributed by atoms with van der Waals surface area (Å²) < 4.78 is 22.7. The van der Waals surface area contributed by atoms with E-state index in [0.717, 1.165) is 58.3 Å². The summed E-state index contributed by atoms with van der Waals surface area (Å²) in [7, 11) is 6.34. The number of carbonyl (C=O) groups excluding carboxylic acids is 2. The molecule has 0 radical (unpaired) electrons. The van der Waals surface area contributed by atoms with E-state index >= 15 is 0 Å². The molecule has 3 unspecified atom stereocenters. The maximum absolute atomic E-state index is 14.0. The summed E-state index contributed by atoms with van der Waals surface area (Å²) in [4.78, 5) is 43.9. The van der Waals surface area contributed by atoms with Gasteiger partial charge in [0.15, 0.2) is 11.5 Å². The fourth-order valence-corrected chi connectivity index (χ4v) is 7.50. The number of hydrogen-bond acceptors (Lipinski definition) is 8. The predicted octanol–water partition coefficient (Wildman–Crippen LogP) is 5.98. The van der Waals surface area contributed by atoms with Gasteiger partial charge >= 0.3 is 0 Å². The van der Waals surface area contributed by atoms with Gasteiger partial charge in [0, 0.05) is 29.1 Å². The summed E-state index contributed by atoms with van der Waals surface area (Å²) in [5.74, 6) is 1.68. The Morgan fingerprint density at radius 1 is 0.860 bits per heavy atom. The van der Waals surface area contributed by atoms with Crippen molar-refractivity contribution in [2.75, 3.05) is 33.8 Å². The Morgan fingerprint density at radius 2 is 1.64 bits per heavy atom. The number of benzene rings is 2. The normalized spacial score (nSPS) is 17.0. The van der Waals surface area contributed by atoms with Crippen LogP contribution in [0.1, 0.15) is 74.5 Å². The molecule has 3 aromatic carbocycles. The Bertz CT molecular complexity index is 2000. The van der Waals surface area contributed by atoms with E-state index in [2.05, 4.69) is 20.9 Å². The second-order valence-electron chi connectivity index (χ2n) is 13.3. The number of carbonyl (C=O) groups is 2. The summed E-state index contributed by atoms with van der Waals surface area (Å²) >= 11 is 0. The lowest BCUT2D eigenvalue weighted by Crippen LogP contribution is -2.45. The van der Waals surface area contributed by atoms with Crippen LogP contribution < -0.4 is 40.3 Å². The largest absolute Gasteiger partial charge is 0.497 e. The number of fused-ring (bicyclic) bond motifs is 6. The fourth-order valence-electron chi connectivity index (χ4n) is 7.50. The Labute approximate surface area is 292 Å². The molecule has 11 heteroatoms. The second-order valence-corrected chi connectivity index (χ2v) is 13.3. The van der Waals surface area contributed by atoms with E-state index in [1.54, 1.807) is 40.6 Å². The summed E-state index contributed by atoms with van der Waals surface area (Å²) in [6, 6.07) is 11.7. The molecule has 50 heavy (non-hydrogen) atoms. The topological polar surface area (TPSA) is 140 Å². The van der Waals surface area contributed by atoms with Crippen LogP contribution in [0.3, 0.4) is 0 Å². The molecular weight excluding hydrogens is 636 g/mol. The number of H-pyrrole nitrogens is 1. The lowest BCUT2D eigenvalue weighted by molar-refractivity contribution is -0.123. The van der Waals surface area contributed by atoms with Crippen molar-refractivity contribution in [3.05, 3.63) is 75.1 Å². The first-order valence-corrected chi connectivity index (χ1v) is 17.1. The molecule has 2 aliphatic rings. The van der Waals surface area contributed by atoms with Gasteiger partial charge in [-0.05, 0) is 96.7 Å². The fraction of sp³-hybridized carbons (Fsp3) is 0.410. The van der Waals surface area contributed by atoms with E-state index in [0.29, 0.717) is 35.7 Å². The van der Waals surface area contributed by atoms with Gasteiger partial charge < -0.3 is 39.9 Å². The van der Waals surface area contributed by atoms with Crippen LogP contribution in [0, 0.1) is 5.92 Å². The minimum absolute atomic E-state index is 0.141. The standard InChI is InChI=1S/C39H46N4O7/c1-20(2)35(39(46)43-31-10-8-9-25-26-18-23(47-4)12-15-29(26)41-36(25)31)42-30-16-13-24-27(19-32(30)45)28(40-21(3)44)14-11-22-17-33(48-5)37(49-6)38(50-7)34(22)24/h12-13,15-20,28,31,35,41H,8-11,14H2,1-7H3,(H,40,44)(H,42,45)(H,43,46). The van der Waals surface area contributed by atoms with E-state index in [-0.39, 0.29) is 34.9 Å². The van der Waals surface area contributed by atoms with Crippen LogP contribution in [0.4, 0.5) is 5.69 Å². The molecule has 0 bridgehead atoms. The van der Waals surface area contributed by atoms with Crippen molar-refractivity contribution in [1.29, 1.82) is 0 Å². The van der Waals surface area contributed by atoms with E-state index in [9.17, 15) is 14.4 Å². The van der Waals surface area contributed by atoms with Gasteiger partial charge in [-0.2, -0.15) is 0 Å². The van der Waals surface area contributed by atoms with Crippen LogP contribution in [0.2, 0.25) is 0 Å². The Hall–Kier alpha value is -5.19. The predicted molar refractivity (Wildman–Crippen MR) is 194 cm³/mol. The van der Waals surface area contributed by atoms with Crippen molar-refractivity contribution in [1.82, 2.24) is 15.6 Å². The summed E-state index contributed by atoms with van der Waals surface area (Å²) in [5, 5.41) is 10.7. The summed E-state index contributed by atoms with van der Waals surface area (Å²) in [6.45, 7) is 5.37. The average molecular weight is 683 g/mol. The third-order valence-corrected chi connectivity index (χ3v) is 9.91. The van der Waals surface area contributed by atoms with E-state index in [1.807, 2.05) is 44.2 Å². The highest BCUT2D eigenvalue weighted by Crippen LogP contribution is 2.50. The second kappa shape index (κ2) is 14.3. The van der Waals surface area contributed by atoms with Gasteiger partial charge in [-0.1, -0.05) is 19.9 Å². The van der Waals surface area contributed by atoms with E-state index in [1.165, 1.54) is 12.5 Å². The first-order valence-electron chi connectivity index (χ1n) is 17.1.